The van der Waals surface area contributed by atoms with Crippen molar-refractivity contribution in [3.8, 4) is 0 Å². The van der Waals surface area contributed by atoms with Crippen molar-refractivity contribution in [3.63, 3.8) is 0 Å². The summed E-state index contributed by atoms with van der Waals surface area (Å²) in [5, 5.41) is 17.7. The number of aliphatic carboxylic acids is 2. The number of carboxylic acid groups (broad SMARTS) is 2. The summed E-state index contributed by atoms with van der Waals surface area (Å²) in [6.07, 6.45) is 5.44. The summed E-state index contributed by atoms with van der Waals surface area (Å²) in [5.74, 6) is -1.29. The fraction of sp³-hybridized carbons (Fsp3) is 0.867. The standard InChI is InChI=1S/C15H21ClO4/c1-13-2-9-3-14(6-13,5-10(17)18)8-15(4-9,7-13)11(16)12(19)20/h9,11H,2-8H2,1H3,(H,17,18)(H,19,20)/t9-,11-,13+,14+,15+/m0/s1. The first-order valence-electron chi connectivity index (χ1n) is 7.26. The van der Waals surface area contributed by atoms with E-state index >= 15 is 0 Å². The van der Waals surface area contributed by atoms with E-state index in [-0.39, 0.29) is 17.3 Å². The summed E-state index contributed by atoms with van der Waals surface area (Å²) in [6.45, 7) is 2.19. The Labute approximate surface area is 123 Å². The highest BCUT2D eigenvalue weighted by atomic mass is 35.5. The van der Waals surface area contributed by atoms with Gasteiger partial charge in [-0.15, -0.1) is 11.6 Å². The van der Waals surface area contributed by atoms with Gasteiger partial charge in [-0.05, 0) is 60.7 Å². The molecule has 4 bridgehead atoms. The van der Waals surface area contributed by atoms with Gasteiger partial charge in [0.1, 0.15) is 5.38 Å². The van der Waals surface area contributed by atoms with E-state index in [1.54, 1.807) is 0 Å². The Morgan fingerprint density at radius 3 is 2.45 bits per heavy atom. The van der Waals surface area contributed by atoms with Gasteiger partial charge in [0.15, 0.2) is 0 Å². The predicted molar refractivity (Wildman–Crippen MR) is 73.7 cm³/mol. The van der Waals surface area contributed by atoms with Gasteiger partial charge in [0.2, 0.25) is 0 Å². The van der Waals surface area contributed by atoms with Crippen LogP contribution in [0.1, 0.15) is 51.9 Å². The molecule has 20 heavy (non-hydrogen) atoms. The third-order valence-corrected chi connectivity index (χ3v) is 6.44. The average Bonchev–Trinajstić information content (AvgIpc) is 2.22. The topological polar surface area (TPSA) is 74.6 Å². The first kappa shape index (κ1) is 14.2. The minimum atomic E-state index is -0.956. The smallest absolute Gasteiger partial charge is 0.322 e. The molecule has 4 rings (SSSR count). The molecule has 112 valence electrons. The van der Waals surface area contributed by atoms with Crippen molar-refractivity contribution in [2.45, 2.75) is 57.2 Å². The second-order valence-corrected chi connectivity index (χ2v) is 8.39. The minimum Gasteiger partial charge on any atom is -0.481 e. The Hall–Kier alpha value is -0.770. The molecular weight excluding hydrogens is 280 g/mol. The average molecular weight is 301 g/mol. The van der Waals surface area contributed by atoms with Crippen molar-refractivity contribution in [1.82, 2.24) is 0 Å². The largest absolute Gasteiger partial charge is 0.481 e. The van der Waals surface area contributed by atoms with Crippen LogP contribution in [0.5, 0.6) is 0 Å². The summed E-state index contributed by atoms with van der Waals surface area (Å²) in [4.78, 5) is 22.6. The molecule has 0 aromatic rings. The highest BCUT2D eigenvalue weighted by molar-refractivity contribution is 6.30. The molecule has 0 spiro atoms. The van der Waals surface area contributed by atoms with Crippen molar-refractivity contribution in [2.24, 2.45) is 22.2 Å². The van der Waals surface area contributed by atoms with E-state index in [4.69, 9.17) is 11.6 Å². The molecule has 0 aromatic heterocycles. The molecule has 0 unspecified atom stereocenters. The van der Waals surface area contributed by atoms with Gasteiger partial charge in [0.05, 0.1) is 6.42 Å². The Kier molecular flexibility index (Phi) is 2.92. The van der Waals surface area contributed by atoms with Crippen LogP contribution in [0.15, 0.2) is 0 Å². The minimum absolute atomic E-state index is 0.0669. The van der Waals surface area contributed by atoms with Crippen LogP contribution in [0.4, 0.5) is 0 Å². The molecule has 0 aliphatic heterocycles. The lowest BCUT2D eigenvalue weighted by Gasteiger charge is -2.66. The van der Waals surface area contributed by atoms with Gasteiger partial charge in [0.25, 0.3) is 0 Å². The van der Waals surface area contributed by atoms with Crippen LogP contribution in [0.2, 0.25) is 0 Å². The number of hydrogen-bond acceptors (Lipinski definition) is 2. The Morgan fingerprint density at radius 1 is 1.20 bits per heavy atom. The molecule has 0 amide bonds. The first-order valence-corrected chi connectivity index (χ1v) is 7.70. The Bertz CT molecular complexity index is 478. The van der Waals surface area contributed by atoms with E-state index in [1.807, 2.05) is 0 Å². The van der Waals surface area contributed by atoms with E-state index in [9.17, 15) is 19.8 Å². The molecule has 4 nitrogen and oxygen atoms in total. The van der Waals surface area contributed by atoms with Gasteiger partial charge in [-0.3, -0.25) is 9.59 Å². The summed E-state index contributed by atoms with van der Waals surface area (Å²) in [7, 11) is 0. The maximum Gasteiger partial charge on any atom is 0.322 e. The SMILES string of the molecule is C[C@@]12C[C@H]3C[C@@](CC(=O)O)(C1)C[C@@]([C@@H](Cl)C(=O)O)(C3)C2. The quantitative estimate of drug-likeness (QED) is 0.782. The molecule has 5 atom stereocenters. The second-order valence-electron chi connectivity index (χ2n) is 7.95. The van der Waals surface area contributed by atoms with Crippen LogP contribution in [-0.4, -0.2) is 27.5 Å². The van der Waals surface area contributed by atoms with E-state index in [2.05, 4.69) is 6.92 Å². The molecule has 0 saturated heterocycles. The van der Waals surface area contributed by atoms with Crippen molar-refractivity contribution >= 4 is 23.5 Å². The zero-order valence-corrected chi connectivity index (χ0v) is 12.4. The van der Waals surface area contributed by atoms with Crippen molar-refractivity contribution in [2.75, 3.05) is 0 Å². The summed E-state index contributed by atoms with van der Waals surface area (Å²) >= 11 is 6.25. The van der Waals surface area contributed by atoms with Crippen LogP contribution in [0.3, 0.4) is 0 Å². The number of halogens is 1. The van der Waals surface area contributed by atoms with Gasteiger partial charge in [-0.1, -0.05) is 6.92 Å². The van der Waals surface area contributed by atoms with E-state index < -0.39 is 22.7 Å². The number of hydrogen-bond donors (Lipinski definition) is 2. The van der Waals surface area contributed by atoms with Crippen LogP contribution < -0.4 is 0 Å². The maximum atomic E-state index is 11.4. The number of carboxylic acids is 2. The molecule has 0 aromatic carbocycles. The summed E-state index contributed by atoms with van der Waals surface area (Å²) < 4.78 is 0. The molecule has 4 saturated carbocycles. The number of rotatable bonds is 4. The second kappa shape index (κ2) is 4.12. The van der Waals surface area contributed by atoms with E-state index in [1.165, 1.54) is 0 Å². The van der Waals surface area contributed by atoms with Crippen molar-refractivity contribution in [3.05, 3.63) is 0 Å². The molecular formula is C15H21ClO4. The van der Waals surface area contributed by atoms with Crippen molar-refractivity contribution < 1.29 is 19.8 Å². The molecule has 0 heterocycles. The third kappa shape index (κ3) is 2.03. The molecule has 2 N–H and O–H groups in total. The molecule has 4 aliphatic carbocycles. The van der Waals surface area contributed by atoms with Crippen LogP contribution in [0, 0.1) is 22.2 Å². The fourth-order valence-electron chi connectivity index (χ4n) is 6.29. The van der Waals surface area contributed by atoms with Crippen molar-refractivity contribution in [1.29, 1.82) is 0 Å². The fourth-order valence-corrected chi connectivity index (χ4v) is 6.53. The Morgan fingerprint density at radius 2 is 1.90 bits per heavy atom. The lowest BCUT2D eigenvalue weighted by molar-refractivity contribution is -0.174. The number of carbonyl (C=O) groups is 2. The lowest BCUT2D eigenvalue weighted by Crippen LogP contribution is -2.60. The molecule has 5 heteroatoms. The van der Waals surface area contributed by atoms with Gasteiger partial charge in [-0.2, -0.15) is 0 Å². The maximum absolute atomic E-state index is 11.4. The van der Waals surface area contributed by atoms with Gasteiger partial charge in [0, 0.05) is 0 Å². The lowest BCUT2D eigenvalue weighted by atomic mass is 9.39. The van der Waals surface area contributed by atoms with E-state index in [0.29, 0.717) is 12.3 Å². The van der Waals surface area contributed by atoms with Gasteiger partial charge < -0.3 is 10.2 Å². The van der Waals surface area contributed by atoms with Crippen LogP contribution >= 0.6 is 11.6 Å². The first-order chi connectivity index (χ1) is 9.18. The normalized spacial score (nSPS) is 47.2. The highest BCUT2D eigenvalue weighted by Crippen LogP contribution is 2.71. The van der Waals surface area contributed by atoms with Gasteiger partial charge in [-0.25, -0.2) is 0 Å². The van der Waals surface area contributed by atoms with E-state index in [0.717, 1.165) is 32.1 Å². The zero-order valence-electron chi connectivity index (χ0n) is 11.7. The monoisotopic (exact) mass is 300 g/mol. The Balaban J connectivity index is 1.99. The predicted octanol–water partition coefficient (Wildman–Crippen LogP) is 3.13. The highest BCUT2D eigenvalue weighted by Gasteiger charge is 2.64. The third-order valence-electron chi connectivity index (χ3n) is 5.79. The molecule has 0 radical (unpaired) electrons. The molecule has 4 aliphatic rings. The number of alkyl halides is 1. The van der Waals surface area contributed by atoms with Crippen LogP contribution in [-0.2, 0) is 9.59 Å². The summed E-state index contributed by atoms with van der Waals surface area (Å²) in [6, 6.07) is 0. The zero-order chi connectivity index (χ0) is 14.8. The van der Waals surface area contributed by atoms with Crippen LogP contribution in [0.25, 0.3) is 0 Å². The van der Waals surface area contributed by atoms with Gasteiger partial charge >= 0.3 is 11.9 Å². The summed E-state index contributed by atoms with van der Waals surface area (Å²) in [5.41, 5.74) is -0.572. The molecule has 4 fully saturated rings.